The van der Waals surface area contributed by atoms with E-state index in [-0.39, 0.29) is 11.5 Å². The predicted octanol–water partition coefficient (Wildman–Crippen LogP) is 5.13. The lowest BCUT2D eigenvalue weighted by Gasteiger charge is -2.05. The van der Waals surface area contributed by atoms with Crippen molar-refractivity contribution in [2.24, 2.45) is 0 Å². The third-order valence-electron chi connectivity index (χ3n) is 4.08. The van der Waals surface area contributed by atoms with Crippen molar-refractivity contribution in [3.63, 3.8) is 0 Å². The molecule has 0 fully saturated rings. The summed E-state index contributed by atoms with van der Waals surface area (Å²) < 4.78 is 5.14. The first-order valence-corrected chi connectivity index (χ1v) is 10.6. The number of hydrogen-bond acceptors (Lipinski definition) is 5. The Morgan fingerprint density at radius 2 is 1.35 bits per heavy atom. The van der Waals surface area contributed by atoms with E-state index in [0.717, 1.165) is 48.8 Å². The van der Waals surface area contributed by atoms with Crippen molar-refractivity contribution in [1.29, 1.82) is 0 Å². The van der Waals surface area contributed by atoms with Crippen LogP contribution in [0.3, 0.4) is 0 Å². The number of esters is 1. The molecule has 1 aromatic rings. The molecule has 0 amide bonds. The number of ether oxygens (including phenoxy) is 1. The molecule has 0 atom stereocenters. The van der Waals surface area contributed by atoms with Gasteiger partial charge in [0.25, 0.3) is 0 Å². The zero-order chi connectivity index (χ0) is 18.9. The zero-order valence-corrected chi connectivity index (χ0v) is 16.5. The molecule has 0 radical (unpaired) electrons. The number of carbonyl (C=O) groups excluding carboxylic acids is 2. The average Bonchev–Trinajstić information content (AvgIpc) is 2.63. The van der Waals surface area contributed by atoms with E-state index in [1.807, 2.05) is 30.3 Å². The van der Waals surface area contributed by atoms with Crippen LogP contribution in [0.15, 0.2) is 35.2 Å². The minimum atomic E-state index is -0.429. The Morgan fingerprint density at radius 1 is 0.808 bits per heavy atom. The third-order valence-corrected chi connectivity index (χ3v) is 4.96. The summed E-state index contributed by atoms with van der Waals surface area (Å²) in [5.74, 6) is -0.429. The van der Waals surface area contributed by atoms with Gasteiger partial charge in [0.05, 0.1) is 6.61 Å². The lowest BCUT2D eigenvalue weighted by molar-refractivity contribution is -0.144. The van der Waals surface area contributed by atoms with Crippen LogP contribution in [0.5, 0.6) is 0 Å². The first-order valence-electron chi connectivity index (χ1n) is 9.74. The van der Waals surface area contributed by atoms with E-state index >= 15 is 0 Å². The minimum Gasteiger partial charge on any atom is -0.465 e. The third kappa shape index (κ3) is 13.0. The number of aliphatic hydroxyl groups is 1. The summed E-state index contributed by atoms with van der Waals surface area (Å²) >= 11 is 1.08. The van der Waals surface area contributed by atoms with Crippen LogP contribution >= 0.6 is 11.8 Å². The van der Waals surface area contributed by atoms with E-state index in [9.17, 15) is 9.59 Å². The number of unbranched alkanes of at least 4 members (excludes halogenated alkanes) is 9. The second-order valence-electron chi connectivity index (χ2n) is 6.44. The van der Waals surface area contributed by atoms with Gasteiger partial charge in [-0.25, -0.2) is 0 Å². The smallest absolute Gasteiger partial charge is 0.314 e. The van der Waals surface area contributed by atoms with Crippen molar-refractivity contribution >= 4 is 22.8 Å². The Hall–Kier alpha value is -1.33. The highest BCUT2D eigenvalue weighted by Crippen LogP contribution is 2.19. The molecule has 0 saturated heterocycles. The summed E-state index contributed by atoms with van der Waals surface area (Å²) in [6.07, 6.45) is 11.2. The van der Waals surface area contributed by atoms with E-state index in [4.69, 9.17) is 9.84 Å². The van der Waals surface area contributed by atoms with E-state index < -0.39 is 5.97 Å². The van der Waals surface area contributed by atoms with Crippen LogP contribution in [0.1, 0.15) is 70.6 Å². The van der Waals surface area contributed by atoms with Gasteiger partial charge in [0.1, 0.15) is 6.42 Å². The van der Waals surface area contributed by atoms with E-state index in [0.29, 0.717) is 13.2 Å². The molecule has 0 heterocycles. The molecule has 146 valence electrons. The molecule has 0 saturated carbocycles. The van der Waals surface area contributed by atoms with E-state index in [1.54, 1.807) is 0 Å². The first-order chi connectivity index (χ1) is 12.7. The van der Waals surface area contributed by atoms with Crippen LogP contribution in [-0.2, 0) is 14.3 Å². The zero-order valence-electron chi connectivity index (χ0n) is 15.7. The molecular formula is C21H32O4S. The van der Waals surface area contributed by atoms with Crippen molar-refractivity contribution in [3.05, 3.63) is 30.3 Å². The molecule has 0 bridgehead atoms. The fourth-order valence-corrected chi connectivity index (χ4v) is 3.39. The molecule has 0 aromatic heterocycles. The first kappa shape index (κ1) is 22.7. The summed E-state index contributed by atoms with van der Waals surface area (Å²) in [5, 5.41) is 8.52. The molecule has 1 aromatic carbocycles. The van der Waals surface area contributed by atoms with Gasteiger partial charge < -0.3 is 9.84 Å². The second kappa shape index (κ2) is 15.9. The molecule has 4 nitrogen and oxygen atoms in total. The highest BCUT2D eigenvalue weighted by molar-refractivity contribution is 8.13. The number of hydrogen-bond donors (Lipinski definition) is 1. The van der Waals surface area contributed by atoms with Crippen molar-refractivity contribution in [3.8, 4) is 0 Å². The van der Waals surface area contributed by atoms with Gasteiger partial charge in [-0.2, -0.15) is 0 Å². The summed E-state index contributed by atoms with van der Waals surface area (Å²) in [6, 6.07) is 9.32. The summed E-state index contributed by atoms with van der Waals surface area (Å²) in [7, 11) is 0. The lowest BCUT2D eigenvalue weighted by Crippen LogP contribution is -2.10. The van der Waals surface area contributed by atoms with Gasteiger partial charge >= 0.3 is 5.97 Å². The Morgan fingerprint density at radius 3 is 1.92 bits per heavy atom. The predicted molar refractivity (Wildman–Crippen MR) is 106 cm³/mol. The normalized spacial score (nSPS) is 10.7. The SMILES string of the molecule is O=C(CC(=O)Sc1ccccc1)OCCCCCCCCCCCCO. The quantitative estimate of drug-likeness (QED) is 0.198. The Kier molecular flexibility index (Phi) is 13.9. The largest absolute Gasteiger partial charge is 0.465 e. The number of benzene rings is 1. The maximum absolute atomic E-state index is 11.8. The maximum Gasteiger partial charge on any atom is 0.314 e. The Balaban J connectivity index is 1.90. The molecule has 0 aliphatic heterocycles. The lowest BCUT2D eigenvalue weighted by atomic mass is 10.1. The standard InChI is InChI=1S/C21H32O4S/c22-16-12-7-5-3-1-2-4-6-8-13-17-25-20(23)18-21(24)26-19-14-10-9-11-15-19/h9-11,14-15,22H,1-8,12-13,16-18H2. The van der Waals surface area contributed by atoms with Crippen molar-refractivity contribution in [1.82, 2.24) is 0 Å². The average molecular weight is 381 g/mol. The van der Waals surface area contributed by atoms with Gasteiger partial charge in [-0.1, -0.05) is 81.3 Å². The van der Waals surface area contributed by atoms with Crippen LogP contribution < -0.4 is 0 Å². The van der Waals surface area contributed by atoms with Gasteiger partial charge in [0.2, 0.25) is 5.12 Å². The van der Waals surface area contributed by atoms with Gasteiger partial charge in [-0.15, -0.1) is 0 Å². The number of aliphatic hydroxyl groups excluding tert-OH is 1. The van der Waals surface area contributed by atoms with Crippen molar-refractivity contribution in [2.45, 2.75) is 75.5 Å². The van der Waals surface area contributed by atoms with Gasteiger partial charge in [-0.05, 0) is 25.0 Å². The van der Waals surface area contributed by atoms with Crippen LogP contribution in [-0.4, -0.2) is 29.4 Å². The van der Waals surface area contributed by atoms with Gasteiger partial charge in [-0.3, -0.25) is 9.59 Å². The molecular weight excluding hydrogens is 348 g/mol. The number of rotatable bonds is 15. The second-order valence-corrected chi connectivity index (χ2v) is 7.57. The van der Waals surface area contributed by atoms with Crippen molar-refractivity contribution in [2.75, 3.05) is 13.2 Å². The summed E-state index contributed by atoms with van der Waals surface area (Å²) in [4.78, 5) is 24.3. The highest BCUT2D eigenvalue weighted by atomic mass is 32.2. The summed E-state index contributed by atoms with van der Waals surface area (Å²) in [5.41, 5.74) is 0. The highest BCUT2D eigenvalue weighted by Gasteiger charge is 2.12. The molecule has 0 aliphatic carbocycles. The molecule has 1 rings (SSSR count). The molecule has 0 unspecified atom stereocenters. The maximum atomic E-state index is 11.8. The van der Waals surface area contributed by atoms with E-state index in [1.165, 1.54) is 32.1 Å². The van der Waals surface area contributed by atoms with Crippen LogP contribution in [0.4, 0.5) is 0 Å². The van der Waals surface area contributed by atoms with E-state index in [2.05, 4.69) is 0 Å². The fraction of sp³-hybridized carbons (Fsp3) is 0.619. The van der Waals surface area contributed by atoms with Crippen LogP contribution in [0.25, 0.3) is 0 Å². The fourth-order valence-electron chi connectivity index (χ4n) is 2.64. The Bertz CT molecular complexity index is 490. The molecule has 26 heavy (non-hydrogen) atoms. The molecule has 0 aliphatic rings. The molecule has 5 heteroatoms. The van der Waals surface area contributed by atoms with Crippen molar-refractivity contribution < 1.29 is 19.4 Å². The number of thioether (sulfide) groups is 1. The topological polar surface area (TPSA) is 63.6 Å². The van der Waals surface area contributed by atoms with Crippen LogP contribution in [0.2, 0.25) is 0 Å². The Labute approximate surface area is 161 Å². The van der Waals surface area contributed by atoms with Gasteiger partial charge in [0, 0.05) is 11.5 Å². The van der Waals surface area contributed by atoms with Gasteiger partial charge in [0.15, 0.2) is 0 Å². The number of carbonyl (C=O) groups is 2. The monoisotopic (exact) mass is 380 g/mol. The molecule has 1 N–H and O–H groups in total. The van der Waals surface area contributed by atoms with Crippen LogP contribution in [0, 0.1) is 0 Å². The summed E-state index contributed by atoms with van der Waals surface area (Å²) in [6.45, 7) is 0.716. The molecule has 0 spiro atoms. The minimum absolute atomic E-state index is 0.171.